The number of nitrogens with zero attached hydrogens (tertiary/aromatic N) is 2. The first-order chi connectivity index (χ1) is 9.58. The lowest BCUT2D eigenvalue weighted by molar-refractivity contribution is 0.0520. The number of H-pyrrole nitrogens is 1. The van der Waals surface area contributed by atoms with Gasteiger partial charge in [-0.05, 0) is 31.5 Å². The molecule has 20 heavy (non-hydrogen) atoms. The molecule has 0 amide bonds. The second kappa shape index (κ2) is 5.53. The number of hydrogen-bond acceptors (Lipinski definition) is 4. The van der Waals surface area contributed by atoms with Crippen molar-refractivity contribution in [2.45, 2.75) is 13.8 Å². The monoisotopic (exact) mass is 273 g/mol. The standard InChI is InChI=1S/C14H12FN3O2/c1-3-20-14(19)13-12(8(2)17-18-13)9-4-5-11(15)10(6-9)7-16/h4-6H,3H2,1-2H3,(H,17,18). The number of esters is 1. The number of aryl methyl sites for hydroxylation is 1. The normalized spacial score (nSPS) is 10.1. The van der Waals surface area contributed by atoms with E-state index in [0.29, 0.717) is 16.8 Å². The number of carbonyl (C=O) groups excluding carboxylic acids is 1. The number of nitriles is 1. The van der Waals surface area contributed by atoms with Crippen molar-refractivity contribution in [2.24, 2.45) is 0 Å². The van der Waals surface area contributed by atoms with Crippen molar-refractivity contribution in [3.63, 3.8) is 0 Å². The third-order valence-electron chi connectivity index (χ3n) is 2.79. The van der Waals surface area contributed by atoms with E-state index in [0.717, 1.165) is 0 Å². The van der Waals surface area contributed by atoms with Gasteiger partial charge in [-0.1, -0.05) is 6.07 Å². The lowest BCUT2D eigenvalue weighted by atomic mass is 10.0. The van der Waals surface area contributed by atoms with E-state index in [2.05, 4.69) is 10.2 Å². The molecule has 0 fully saturated rings. The van der Waals surface area contributed by atoms with Gasteiger partial charge in [0.15, 0.2) is 5.69 Å². The van der Waals surface area contributed by atoms with Crippen LogP contribution in [0, 0.1) is 24.1 Å². The van der Waals surface area contributed by atoms with Crippen LogP contribution in [0.5, 0.6) is 0 Å². The molecule has 0 unspecified atom stereocenters. The number of rotatable bonds is 3. The van der Waals surface area contributed by atoms with E-state index < -0.39 is 11.8 Å². The van der Waals surface area contributed by atoms with Crippen molar-refractivity contribution in [3.05, 3.63) is 41.0 Å². The third kappa shape index (κ3) is 2.38. The largest absolute Gasteiger partial charge is 0.461 e. The first-order valence-electron chi connectivity index (χ1n) is 6.00. The molecule has 1 aromatic heterocycles. The highest BCUT2D eigenvalue weighted by Gasteiger charge is 2.20. The molecule has 0 radical (unpaired) electrons. The second-order valence-electron chi connectivity index (χ2n) is 4.10. The summed E-state index contributed by atoms with van der Waals surface area (Å²) < 4.78 is 18.3. The topological polar surface area (TPSA) is 78.8 Å². The highest BCUT2D eigenvalue weighted by molar-refractivity contribution is 5.96. The van der Waals surface area contributed by atoms with Gasteiger partial charge >= 0.3 is 5.97 Å². The highest BCUT2D eigenvalue weighted by atomic mass is 19.1. The van der Waals surface area contributed by atoms with Gasteiger partial charge in [-0.15, -0.1) is 0 Å². The van der Waals surface area contributed by atoms with Crippen LogP contribution in [0.2, 0.25) is 0 Å². The molecule has 6 heteroatoms. The maximum Gasteiger partial charge on any atom is 0.359 e. The minimum atomic E-state index is -0.602. The highest BCUT2D eigenvalue weighted by Crippen LogP contribution is 2.27. The van der Waals surface area contributed by atoms with E-state index in [9.17, 15) is 9.18 Å². The summed E-state index contributed by atoms with van der Waals surface area (Å²) in [6, 6.07) is 5.84. The number of hydrogen-bond donors (Lipinski definition) is 1. The average molecular weight is 273 g/mol. The smallest absolute Gasteiger partial charge is 0.359 e. The molecule has 0 aliphatic heterocycles. The summed E-state index contributed by atoms with van der Waals surface area (Å²) in [6.45, 7) is 3.67. The van der Waals surface area contributed by atoms with Crippen LogP contribution in [-0.4, -0.2) is 22.8 Å². The minimum absolute atomic E-state index is 0.0853. The van der Waals surface area contributed by atoms with Crippen molar-refractivity contribution in [1.29, 1.82) is 5.26 Å². The zero-order chi connectivity index (χ0) is 14.7. The van der Waals surface area contributed by atoms with Crippen LogP contribution in [0.15, 0.2) is 18.2 Å². The Kier molecular flexibility index (Phi) is 3.80. The van der Waals surface area contributed by atoms with Gasteiger partial charge in [-0.3, -0.25) is 5.10 Å². The van der Waals surface area contributed by atoms with Gasteiger partial charge in [0.05, 0.1) is 12.2 Å². The first-order valence-corrected chi connectivity index (χ1v) is 6.00. The van der Waals surface area contributed by atoms with Gasteiger partial charge in [0, 0.05) is 11.3 Å². The van der Waals surface area contributed by atoms with Crippen molar-refractivity contribution >= 4 is 5.97 Å². The molecule has 0 bridgehead atoms. The molecule has 0 aliphatic rings. The molecule has 0 saturated heterocycles. The fraction of sp³-hybridized carbons (Fsp3) is 0.214. The molecule has 102 valence electrons. The molecule has 0 aliphatic carbocycles. The quantitative estimate of drug-likeness (QED) is 0.872. The summed E-state index contributed by atoms with van der Waals surface area (Å²) >= 11 is 0. The van der Waals surface area contributed by atoms with Gasteiger partial charge in [-0.2, -0.15) is 10.4 Å². The lowest BCUT2D eigenvalue weighted by Gasteiger charge is -2.05. The number of aromatic amines is 1. The van der Waals surface area contributed by atoms with Crippen molar-refractivity contribution in [1.82, 2.24) is 10.2 Å². The van der Waals surface area contributed by atoms with Crippen LogP contribution >= 0.6 is 0 Å². The van der Waals surface area contributed by atoms with Crippen LogP contribution in [0.25, 0.3) is 11.1 Å². The Morgan fingerprint density at radius 2 is 2.30 bits per heavy atom. The number of halogens is 1. The summed E-state index contributed by atoms with van der Waals surface area (Å²) in [6.07, 6.45) is 0. The summed E-state index contributed by atoms with van der Waals surface area (Å²) in [5, 5.41) is 15.5. The Morgan fingerprint density at radius 3 is 2.95 bits per heavy atom. The third-order valence-corrected chi connectivity index (χ3v) is 2.79. The average Bonchev–Trinajstić information content (AvgIpc) is 2.82. The Bertz CT molecular complexity index is 701. The van der Waals surface area contributed by atoms with Gasteiger partial charge in [0.1, 0.15) is 11.9 Å². The molecule has 0 spiro atoms. The summed E-state index contributed by atoms with van der Waals surface area (Å²) in [5.74, 6) is -1.16. The molecule has 0 atom stereocenters. The van der Waals surface area contributed by atoms with Crippen LogP contribution in [0.1, 0.15) is 28.7 Å². The number of aromatic nitrogens is 2. The molecule has 1 aromatic carbocycles. The Balaban J connectivity index is 2.56. The molecular formula is C14H12FN3O2. The SMILES string of the molecule is CCOC(=O)c1n[nH]c(C)c1-c1ccc(F)c(C#N)c1. The zero-order valence-electron chi connectivity index (χ0n) is 11.0. The zero-order valence-corrected chi connectivity index (χ0v) is 11.0. The van der Waals surface area contributed by atoms with Crippen molar-refractivity contribution in [2.75, 3.05) is 6.61 Å². The summed E-state index contributed by atoms with van der Waals surface area (Å²) in [7, 11) is 0. The molecule has 5 nitrogen and oxygen atoms in total. The van der Waals surface area contributed by atoms with Crippen LogP contribution in [0.3, 0.4) is 0 Å². The van der Waals surface area contributed by atoms with Gasteiger partial charge in [0.25, 0.3) is 0 Å². The van der Waals surface area contributed by atoms with E-state index in [4.69, 9.17) is 10.00 Å². The Labute approximate surface area is 115 Å². The van der Waals surface area contributed by atoms with Gasteiger partial charge in [-0.25, -0.2) is 9.18 Å². The fourth-order valence-corrected chi connectivity index (χ4v) is 1.90. The maximum absolute atomic E-state index is 13.4. The second-order valence-corrected chi connectivity index (χ2v) is 4.10. The van der Waals surface area contributed by atoms with E-state index in [1.165, 1.54) is 18.2 Å². The number of nitrogens with one attached hydrogen (secondary N) is 1. The number of ether oxygens (including phenoxy) is 1. The van der Waals surface area contributed by atoms with E-state index in [-0.39, 0.29) is 17.9 Å². The minimum Gasteiger partial charge on any atom is -0.461 e. The number of carbonyl (C=O) groups is 1. The molecule has 2 rings (SSSR count). The van der Waals surface area contributed by atoms with Crippen LogP contribution in [-0.2, 0) is 4.74 Å². The maximum atomic E-state index is 13.4. The molecule has 2 aromatic rings. The van der Waals surface area contributed by atoms with Gasteiger partial charge < -0.3 is 4.74 Å². The number of benzene rings is 1. The first kappa shape index (κ1) is 13.7. The predicted octanol–water partition coefficient (Wildman–Crippen LogP) is 2.57. The van der Waals surface area contributed by atoms with E-state index >= 15 is 0 Å². The summed E-state index contributed by atoms with van der Waals surface area (Å²) in [4.78, 5) is 11.8. The molecular weight excluding hydrogens is 261 g/mol. The Hall–Kier alpha value is -2.68. The fourth-order valence-electron chi connectivity index (χ4n) is 1.90. The Morgan fingerprint density at radius 1 is 1.55 bits per heavy atom. The van der Waals surface area contributed by atoms with E-state index in [1.807, 2.05) is 0 Å². The van der Waals surface area contributed by atoms with E-state index in [1.54, 1.807) is 19.9 Å². The lowest BCUT2D eigenvalue weighted by Crippen LogP contribution is -2.06. The molecule has 0 saturated carbocycles. The van der Waals surface area contributed by atoms with Crippen molar-refractivity contribution < 1.29 is 13.9 Å². The summed E-state index contributed by atoms with van der Waals surface area (Å²) in [5.41, 5.74) is 1.73. The van der Waals surface area contributed by atoms with Crippen LogP contribution in [0.4, 0.5) is 4.39 Å². The molecule has 1 N–H and O–H groups in total. The van der Waals surface area contributed by atoms with Crippen molar-refractivity contribution in [3.8, 4) is 17.2 Å². The molecule has 1 heterocycles. The van der Waals surface area contributed by atoms with Gasteiger partial charge in [0.2, 0.25) is 0 Å². The van der Waals surface area contributed by atoms with Crippen LogP contribution < -0.4 is 0 Å². The predicted molar refractivity (Wildman–Crippen MR) is 69.4 cm³/mol.